The number of aliphatic hydroxyl groups excluding tert-OH is 6. The standard InChI is InChI=1S/C78H87Cl2N11O25/c1-31(2)19-43(83-5)69(102)90-60-62(97)35-12-15-48(41(79)21-35)112-50-24-37-25-51(66(50)116-77-67(65(100)64(99)53(30-92)114-77)115-55-29-78(4,82)68(101)32(3)110-55)113-49-16-13-36(22-42(49)80)63(98)61-76(109)89-59(72(105)85-18-8-17-84-71(104)52-23-33-9-6-7-10-47(33)111-52)40-26-38(93)27-46(95)56(40)39-20-34(11-14-45(39)94)57(73(106)91-61)88-74(107)58(37)87-70(103)44(28-54(81)96)86-75(60)108/h6-7,9-16,20-27,31-32,43-44,53,55,57-65,67-68,77,83,92-95,97-101H,8,17-19,28-30,82H2,1-5H3,(H2,81,96)(H,84,104)(H,85,105)(H,86,108)(H,87,103)(H,88,107)(H,89,109)(H,90,102)(H,91,106)/t32-,43+,44-,53+,55?,57+,58?,59?,60+,61-,62+,63+,64+,65-,67+,68+,77-,78-/m0/s1. The van der Waals surface area contributed by atoms with Crippen molar-refractivity contribution < 1.29 is 122 Å². The van der Waals surface area contributed by atoms with Crippen LogP contribution in [0.5, 0.6) is 46.0 Å². The number of nitrogens with two attached hydrogens (primary N) is 2. The number of halogens is 2. The van der Waals surface area contributed by atoms with Crippen LogP contribution in [-0.2, 0) is 52.6 Å². The second-order valence-electron chi connectivity index (χ2n) is 29.4. The SMILES string of the molecule is CN[C@H](CC(C)C)C(=O)N[C@H]1C(=O)N[C@@H](CC(N)=O)C(=O)NC2C(=O)N[C@H]3C(=O)N[C@H](C(=O)NC(C(=O)NCCCNC(=O)c4cc5ccccc5o4)c4cc(O)cc(O)c4-c4cc3ccc4O)[C@H](O)c3ccc(c(Cl)c3)Oc3cc2cc(c3O[C@@H]2O[C@H](CO)[C@@H](O)[C@H](O)[C@H]2OC2C[C@](C)(N)[C@H](O)[C@H](C)O2)Oc2ccc(cc2Cl)[C@H]1O. The molecule has 0 aliphatic carbocycles. The largest absolute Gasteiger partial charge is 0.508 e. The van der Waals surface area contributed by atoms with Crippen molar-refractivity contribution in [1.29, 1.82) is 0 Å². The normalized spacial score (nSPS) is 27.1. The van der Waals surface area contributed by atoms with Crippen molar-refractivity contribution in [2.24, 2.45) is 17.4 Å². The Morgan fingerprint density at radius 1 is 0.690 bits per heavy atom. The number of carbonyl (C=O) groups excluding carboxylic acids is 9. The highest BCUT2D eigenvalue weighted by atomic mass is 35.5. The van der Waals surface area contributed by atoms with Gasteiger partial charge in [-0.05, 0) is 134 Å². The summed E-state index contributed by atoms with van der Waals surface area (Å²) >= 11 is 14.3. The van der Waals surface area contributed by atoms with Crippen LogP contribution in [0.1, 0.15) is 122 Å². The van der Waals surface area contributed by atoms with Crippen LogP contribution >= 0.6 is 23.2 Å². The quantitative estimate of drug-likeness (QED) is 0.0544. The number of rotatable bonds is 18. The number of phenols is 3. The molecular weight excluding hydrogens is 1560 g/mol. The van der Waals surface area contributed by atoms with E-state index in [-0.39, 0.29) is 71.5 Å². The molecule has 22 N–H and O–H groups in total. The van der Waals surface area contributed by atoms with E-state index in [1.807, 2.05) is 13.8 Å². The van der Waals surface area contributed by atoms with E-state index in [9.17, 15) is 69.9 Å². The molecule has 3 unspecified atom stereocenters. The van der Waals surface area contributed by atoms with Gasteiger partial charge in [-0.2, -0.15) is 0 Å². The van der Waals surface area contributed by atoms with Gasteiger partial charge in [-0.1, -0.05) is 73.4 Å². The molecular formula is C78H87Cl2N11O25. The molecule has 7 aliphatic rings. The van der Waals surface area contributed by atoms with Gasteiger partial charge < -0.3 is 138 Å². The number of furan rings is 1. The van der Waals surface area contributed by atoms with Gasteiger partial charge in [-0.3, -0.25) is 43.2 Å². The minimum Gasteiger partial charge on any atom is -0.508 e. The number of fused-ring (bicyclic) bond motifs is 16. The summed E-state index contributed by atoms with van der Waals surface area (Å²) in [6, 6.07) is 8.35. The van der Waals surface area contributed by atoms with Crippen LogP contribution in [0.3, 0.4) is 0 Å². The van der Waals surface area contributed by atoms with Crippen LogP contribution in [0.4, 0.5) is 0 Å². The van der Waals surface area contributed by atoms with Gasteiger partial charge in [-0.15, -0.1) is 0 Å². The summed E-state index contributed by atoms with van der Waals surface area (Å²) in [5.41, 5.74) is 8.83. The van der Waals surface area contributed by atoms with E-state index in [4.69, 9.17) is 67.5 Å². The number of ether oxygens (including phenoxy) is 6. The number of primary amides is 1. The Kier molecular flexibility index (Phi) is 25.6. The number of likely N-dealkylation sites (N-methyl/N-ethyl adjacent to an activating group) is 1. The molecule has 38 heteroatoms. The predicted octanol–water partition coefficient (Wildman–Crippen LogP) is 1.70. The topological polar surface area (TPSA) is 565 Å². The minimum atomic E-state index is -2.36. The van der Waals surface area contributed by atoms with Crippen molar-refractivity contribution in [2.75, 3.05) is 26.7 Å². The summed E-state index contributed by atoms with van der Waals surface area (Å²) in [7, 11) is 1.47. The molecule has 116 heavy (non-hydrogen) atoms. The Morgan fingerprint density at radius 2 is 1.33 bits per heavy atom. The zero-order valence-corrected chi connectivity index (χ0v) is 64.2. The van der Waals surface area contributed by atoms with Gasteiger partial charge in [0.15, 0.2) is 29.7 Å². The average Bonchev–Trinajstić information content (AvgIpc) is 0.856. The van der Waals surface area contributed by atoms with Crippen LogP contribution in [-0.4, -0.2) is 205 Å². The summed E-state index contributed by atoms with van der Waals surface area (Å²) in [5.74, 6) is -15.6. The maximum absolute atomic E-state index is 16.3. The summed E-state index contributed by atoms with van der Waals surface area (Å²) in [5, 5.41) is 128. The summed E-state index contributed by atoms with van der Waals surface area (Å²) < 4.78 is 44.3. The third kappa shape index (κ3) is 18.3. The summed E-state index contributed by atoms with van der Waals surface area (Å²) in [4.78, 5) is 134. The molecule has 0 radical (unpaired) electrons. The first kappa shape index (κ1) is 84.4. The highest BCUT2D eigenvalue weighted by Gasteiger charge is 2.52. The van der Waals surface area contributed by atoms with Crippen LogP contribution < -0.4 is 73.5 Å². The fraction of sp³-hybridized carbons (Fsp3) is 0.397. The molecule has 6 aromatic carbocycles. The van der Waals surface area contributed by atoms with E-state index in [0.29, 0.717) is 11.0 Å². The van der Waals surface area contributed by atoms with Gasteiger partial charge in [0.05, 0.1) is 41.3 Å². The van der Waals surface area contributed by atoms with Gasteiger partial charge in [0.2, 0.25) is 59.3 Å². The fourth-order valence-corrected chi connectivity index (χ4v) is 14.7. The number of hydrogen-bond acceptors (Lipinski definition) is 27. The zero-order valence-electron chi connectivity index (χ0n) is 62.7. The van der Waals surface area contributed by atoms with Crippen molar-refractivity contribution in [3.8, 4) is 57.1 Å². The summed E-state index contributed by atoms with van der Waals surface area (Å²) in [6.45, 7) is 5.39. The molecule has 36 nitrogen and oxygen atoms in total. The number of para-hydroxylation sites is 1. The van der Waals surface area contributed by atoms with Crippen molar-refractivity contribution >= 4 is 87.3 Å². The van der Waals surface area contributed by atoms with Crippen molar-refractivity contribution in [2.45, 2.75) is 163 Å². The van der Waals surface area contributed by atoms with E-state index in [0.717, 1.165) is 60.7 Å². The van der Waals surface area contributed by atoms with E-state index in [1.165, 1.54) is 39.1 Å². The molecule has 0 spiro atoms. The number of benzene rings is 6. The second kappa shape index (κ2) is 35.2. The Labute approximate surface area is 670 Å². The molecule has 8 heterocycles. The van der Waals surface area contributed by atoms with Gasteiger partial charge in [0.1, 0.15) is 101 Å². The van der Waals surface area contributed by atoms with Gasteiger partial charge >= 0.3 is 0 Å². The lowest BCUT2D eigenvalue weighted by Gasteiger charge is -2.47. The lowest BCUT2D eigenvalue weighted by Crippen LogP contribution is -2.64. The second-order valence-corrected chi connectivity index (χ2v) is 30.2. The molecule has 618 valence electrons. The van der Waals surface area contributed by atoms with Crippen molar-refractivity contribution in [3.63, 3.8) is 0 Å². The van der Waals surface area contributed by atoms with Crippen molar-refractivity contribution in [1.82, 2.24) is 47.9 Å². The number of aliphatic hydroxyl groups is 6. The zero-order chi connectivity index (χ0) is 83.6. The molecule has 1 aromatic heterocycles. The van der Waals surface area contributed by atoms with E-state index >= 15 is 19.2 Å². The predicted molar refractivity (Wildman–Crippen MR) is 408 cm³/mol. The Hall–Kier alpha value is -11.0. The number of amides is 9. The monoisotopic (exact) mass is 1650 g/mol. The number of nitrogens with one attached hydrogen (secondary N) is 9. The molecule has 7 aromatic rings. The van der Waals surface area contributed by atoms with Crippen LogP contribution in [0.25, 0.3) is 22.1 Å². The van der Waals surface area contributed by atoms with Crippen LogP contribution in [0.15, 0.2) is 114 Å². The molecule has 2 fully saturated rings. The van der Waals surface area contributed by atoms with Crippen LogP contribution in [0.2, 0.25) is 10.0 Å². The molecule has 14 rings (SSSR count). The number of aromatic hydroxyl groups is 3. The first-order chi connectivity index (χ1) is 55.1. The maximum Gasteiger partial charge on any atom is 0.287 e. The number of carbonyl (C=O) groups is 9. The number of hydrogen-bond donors (Lipinski definition) is 20. The molecule has 11 bridgehead atoms. The van der Waals surface area contributed by atoms with Gasteiger partial charge in [-0.25, -0.2) is 0 Å². The Balaban J connectivity index is 1.03. The maximum atomic E-state index is 16.3. The molecule has 7 aliphatic heterocycles. The Bertz CT molecular complexity index is 4920. The average molecular weight is 1650 g/mol. The van der Waals surface area contributed by atoms with Crippen LogP contribution in [0, 0.1) is 5.92 Å². The molecule has 9 amide bonds. The van der Waals surface area contributed by atoms with E-state index in [2.05, 4.69) is 47.9 Å². The molecule has 18 atom stereocenters. The first-order valence-corrected chi connectivity index (χ1v) is 37.6. The molecule has 0 saturated carbocycles. The minimum absolute atomic E-state index is 0.00335. The third-order valence-corrected chi connectivity index (χ3v) is 21.0. The van der Waals surface area contributed by atoms with Gasteiger partial charge in [0.25, 0.3) is 5.91 Å². The van der Waals surface area contributed by atoms with E-state index in [1.54, 1.807) is 30.3 Å². The smallest absolute Gasteiger partial charge is 0.287 e. The first-order valence-electron chi connectivity index (χ1n) is 36.9. The fourth-order valence-electron chi connectivity index (χ4n) is 14.3. The Morgan fingerprint density at radius 3 is 1.97 bits per heavy atom. The lowest BCUT2D eigenvalue weighted by molar-refractivity contribution is -0.333. The third-order valence-electron chi connectivity index (χ3n) is 20.4. The lowest BCUT2D eigenvalue weighted by atomic mass is 9.86. The van der Waals surface area contributed by atoms with Crippen molar-refractivity contribution in [3.05, 3.63) is 153 Å². The highest BCUT2D eigenvalue weighted by Crippen LogP contribution is 2.50. The highest BCUT2D eigenvalue weighted by molar-refractivity contribution is 6.32. The molecule has 2 saturated heterocycles. The van der Waals surface area contributed by atoms with E-state index < -0.39 is 243 Å². The summed E-state index contributed by atoms with van der Waals surface area (Å²) in [6.07, 6.45) is -18.7. The van der Waals surface area contributed by atoms with Gasteiger partial charge in [0, 0.05) is 47.6 Å². The number of phenolic OH excluding ortho intramolecular Hbond substituents is 3.